The first-order valence-electron chi connectivity index (χ1n) is 5.33. The zero-order chi connectivity index (χ0) is 14.2. The molecule has 0 spiro atoms. The predicted molar refractivity (Wildman–Crippen MR) is 78.7 cm³/mol. The van der Waals surface area contributed by atoms with E-state index in [1.807, 2.05) is 0 Å². The van der Waals surface area contributed by atoms with Gasteiger partial charge in [0.15, 0.2) is 0 Å². The molecule has 0 unspecified atom stereocenters. The van der Waals surface area contributed by atoms with Gasteiger partial charge in [-0.1, -0.05) is 34.5 Å². The van der Waals surface area contributed by atoms with Gasteiger partial charge in [-0.15, -0.1) is 0 Å². The molecule has 0 aliphatic rings. The fraction of sp³-hybridized carbons (Fsp3) is 0.167. The number of benzene rings is 1. The van der Waals surface area contributed by atoms with Crippen LogP contribution in [0.15, 0.2) is 23.0 Å². The number of rotatable bonds is 2. The Morgan fingerprint density at radius 3 is 2.63 bits per heavy atom. The number of carbonyl (C=O) groups excluding carboxylic acids is 1. The predicted octanol–water partition coefficient (Wildman–Crippen LogP) is 3.31. The van der Waals surface area contributed by atoms with Gasteiger partial charge in [-0.3, -0.25) is 9.59 Å². The topological polar surface area (TPSA) is 51.1 Å². The zero-order valence-corrected chi connectivity index (χ0v) is 12.5. The maximum absolute atomic E-state index is 12.1. The average molecular weight is 317 g/mol. The van der Waals surface area contributed by atoms with Crippen molar-refractivity contribution < 1.29 is 4.79 Å². The third-order valence-corrected chi connectivity index (χ3v) is 4.38. The number of hydrogen-bond acceptors (Lipinski definition) is 3. The molecular weight excluding hydrogens is 307 g/mol. The second-order valence-corrected chi connectivity index (χ2v) is 5.73. The van der Waals surface area contributed by atoms with Gasteiger partial charge in [0.2, 0.25) is 0 Å². The van der Waals surface area contributed by atoms with Crippen molar-refractivity contribution in [1.82, 2.24) is 4.57 Å². The van der Waals surface area contributed by atoms with Crippen molar-refractivity contribution in [1.29, 1.82) is 0 Å². The lowest BCUT2D eigenvalue weighted by Gasteiger charge is -2.07. The summed E-state index contributed by atoms with van der Waals surface area (Å²) in [6.45, 7) is 1.71. The van der Waals surface area contributed by atoms with E-state index in [1.54, 1.807) is 32.2 Å². The molecule has 0 saturated heterocycles. The highest BCUT2D eigenvalue weighted by Gasteiger charge is 2.17. The lowest BCUT2D eigenvalue weighted by molar-refractivity contribution is 0.102. The van der Waals surface area contributed by atoms with Crippen LogP contribution in [0.25, 0.3) is 0 Å². The molecule has 0 fully saturated rings. The van der Waals surface area contributed by atoms with E-state index < -0.39 is 0 Å². The molecule has 0 aliphatic heterocycles. The molecule has 4 nitrogen and oxygen atoms in total. The summed E-state index contributed by atoms with van der Waals surface area (Å²) in [5.74, 6) is -0.371. The van der Waals surface area contributed by atoms with Crippen LogP contribution in [-0.4, -0.2) is 10.5 Å². The van der Waals surface area contributed by atoms with E-state index in [0.717, 1.165) is 11.3 Å². The standard InChI is InChI=1S/C12H10Cl2N2O2S/c1-6-10(19-12(18)16(6)2)11(17)15-9-5-7(13)3-4-8(9)14/h3-5H,1-2H3,(H,15,17). The first kappa shape index (κ1) is 14.1. The number of hydrogen-bond donors (Lipinski definition) is 1. The molecule has 0 radical (unpaired) electrons. The number of nitrogens with one attached hydrogen (secondary N) is 1. The van der Waals surface area contributed by atoms with Gasteiger partial charge in [0.05, 0.1) is 10.7 Å². The molecule has 0 bridgehead atoms. The number of halogens is 2. The number of thiazole rings is 1. The van der Waals surface area contributed by atoms with Crippen molar-refractivity contribution in [3.63, 3.8) is 0 Å². The second-order valence-electron chi connectivity index (χ2n) is 3.92. The van der Waals surface area contributed by atoms with Gasteiger partial charge < -0.3 is 9.88 Å². The van der Waals surface area contributed by atoms with Crippen molar-refractivity contribution in [2.24, 2.45) is 7.05 Å². The molecule has 100 valence electrons. The lowest BCUT2D eigenvalue weighted by atomic mass is 10.3. The molecule has 19 heavy (non-hydrogen) atoms. The van der Waals surface area contributed by atoms with Crippen molar-refractivity contribution >= 4 is 46.1 Å². The Morgan fingerprint density at radius 2 is 2.05 bits per heavy atom. The fourth-order valence-electron chi connectivity index (χ4n) is 1.50. The third-order valence-electron chi connectivity index (χ3n) is 2.68. The van der Waals surface area contributed by atoms with Crippen molar-refractivity contribution in [2.75, 3.05) is 5.32 Å². The Balaban J connectivity index is 2.33. The van der Waals surface area contributed by atoms with E-state index >= 15 is 0 Å². The summed E-state index contributed by atoms with van der Waals surface area (Å²) >= 11 is 12.7. The molecule has 0 aliphatic carbocycles. The van der Waals surface area contributed by atoms with Crippen LogP contribution in [-0.2, 0) is 7.05 Å². The van der Waals surface area contributed by atoms with Crippen LogP contribution in [0.4, 0.5) is 5.69 Å². The summed E-state index contributed by atoms with van der Waals surface area (Å²) in [5.41, 5.74) is 1.03. The normalized spacial score (nSPS) is 10.5. The Labute approximate surface area is 123 Å². The van der Waals surface area contributed by atoms with Crippen LogP contribution in [0, 0.1) is 6.92 Å². The minimum absolute atomic E-state index is 0.181. The van der Waals surface area contributed by atoms with E-state index in [2.05, 4.69) is 5.32 Å². The first-order chi connectivity index (χ1) is 8.90. The number of aromatic nitrogens is 1. The molecule has 2 rings (SSSR count). The summed E-state index contributed by atoms with van der Waals surface area (Å²) in [6.07, 6.45) is 0. The van der Waals surface area contributed by atoms with E-state index in [1.165, 1.54) is 4.57 Å². The van der Waals surface area contributed by atoms with Gasteiger partial charge in [0.1, 0.15) is 4.88 Å². The van der Waals surface area contributed by atoms with Crippen LogP contribution in [0.3, 0.4) is 0 Å². The number of anilines is 1. The summed E-state index contributed by atoms with van der Waals surface area (Å²) in [4.78, 5) is 23.8. The summed E-state index contributed by atoms with van der Waals surface area (Å²) < 4.78 is 1.43. The monoisotopic (exact) mass is 316 g/mol. The number of carbonyl (C=O) groups is 1. The summed E-state index contributed by atoms with van der Waals surface area (Å²) in [6, 6.07) is 4.79. The average Bonchev–Trinajstić information content (AvgIpc) is 2.62. The van der Waals surface area contributed by atoms with Crippen LogP contribution in [0.2, 0.25) is 10.0 Å². The quantitative estimate of drug-likeness (QED) is 0.924. The highest BCUT2D eigenvalue weighted by atomic mass is 35.5. The van der Waals surface area contributed by atoms with Gasteiger partial charge in [-0.25, -0.2) is 0 Å². The summed E-state index contributed by atoms with van der Waals surface area (Å²) in [7, 11) is 1.62. The fourth-order valence-corrected chi connectivity index (χ4v) is 2.72. The number of nitrogens with zero attached hydrogens (tertiary/aromatic N) is 1. The van der Waals surface area contributed by atoms with E-state index in [0.29, 0.717) is 26.3 Å². The van der Waals surface area contributed by atoms with E-state index in [-0.39, 0.29) is 10.8 Å². The smallest absolute Gasteiger partial charge is 0.307 e. The van der Waals surface area contributed by atoms with Gasteiger partial charge in [-0.2, -0.15) is 0 Å². The van der Waals surface area contributed by atoms with Crippen molar-refractivity contribution in [2.45, 2.75) is 6.92 Å². The molecule has 1 heterocycles. The van der Waals surface area contributed by atoms with Crippen molar-refractivity contribution in [3.05, 3.63) is 48.5 Å². The number of amides is 1. The molecular formula is C12H10Cl2N2O2S. The van der Waals surface area contributed by atoms with Gasteiger partial charge >= 0.3 is 4.87 Å². The summed E-state index contributed by atoms with van der Waals surface area (Å²) in [5, 5.41) is 3.51. The second kappa shape index (κ2) is 5.36. The highest BCUT2D eigenvalue weighted by molar-refractivity contribution is 7.11. The van der Waals surface area contributed by atoms with Gasteiger partial charge in [0, 0.05) is 17.8 Å². The zero-order valence-electron chi connectivity index (χ0n) is 10.2. The maximum Gasteiger partial charge on any atom is 0.307 e. The Kier molecular flexibility index (Phi) is 3.99. The first-order valence-corrected chi connectivity index (χ1v) is 6.90. The minimum atomic E-state index is -0.371. The molecule has 1 aromatic carbocycles. The van der Waals surface area contributed by atoms with Crippen LogP contribution in [0.5, 0.6) is 0 Å². The molecule has 7 heteroatoms. The largest absolute Gasteiger partial charge is 0.320 e. The van der Waals surface area contributed by atoms with Crippen molar-refractivity contribution in [3.8, 4) is 0 Å². The highest BCUT2D eigenvalue weighted by Crippen LogP contribution is 2.26. The Bertz CT molecular complexity index is 706. The SMILES string of the molecule is Cc1c(C(=O)Nc2cc(Cl)ccc2Cl)sc(=O)n1C. The molecule has 1 aromatic heterocycles. The molecule has 0 saturated carbocycles. The maximum atomic E-state index is 12.1. The minimum Gasteiger partial charge on any atom is -0.320 e. The third kappa shape index (κ3) is 2.83. The Morgan fingerprint density at radius 1 is 1.37 bits per heavy atom. The lowest BCUT2D eigenvalue weighted by Crippen LogP contribution is -2.13. The van der Waals surface area contributed by atoms with Crippen LogP contribution < -0.4 is 10.2 Å². The van der Waals surface area contributed by atoms with Crippen LogP contribution >= 0.6 is 34.5 Å². The Hall–Kier alpha value is -1.30. The van der Waals surface area contributed by atoms with E-state index in [9.17, 15) is 9.59 Å². The van der Waals surface area contributed by atoms with E-state index in [4.69, 9.17) is 23.2 Å². The molecule has 1 amide bonds. The van der Waals surface area contributed by atoms with Crippen LogP contribution in [0.1, 0.15) is 15.4 Å². The van der Waals surface area contributed by atoms with Gasteiger partial charge in [-0.05, 0) is 25.1 Å². The molecule has 2 aromatic rings. The molecule has 1 N–H and O–H groups in total. The van der Waals surface area contributed by atoms with Gasteiger partial charge in [0.25, 0.3) is 5.91 Å². The molecule has 0 atom stereocenters.